The standard InChI is InChI=1S/C20H25N3O3.ClH/c1-20(2,12-21)13-22(3)19(25)18-15(8-9-26-18)11-23-16-7-5-4-6-14(16)10-17(23)24;/h4-9H,10-13,21H2,1-3H3;1H. The Labute approximate surface area is 165 Å². The number of para-hydroxylation sites is 1. The third-order valence-corrected chi connectivity index (χ3v) is 4.76. The predicted molar refractivity (Wildman–Crippen MR) is 107 cm³/mol. The van der Waals surface area contributed by atoms with E-state index in [1.807, 2.05) is 38.1 Å². The molecule has 1 aromatic heterocycles. The van der Waals surface area contributed by atoms with E-state index in [1.54, 1.807) is 22.9 Å². The third kappa shape index (κ3) is 4.34. The molecular weight excluding hydrogens is 366 g/mol. The maximum Gasteiger partial charge on any atom is 0.289 e. The molecule has 0 bridgehead atoms. The minimum Gasteiger partial charge on any atom is -0.459 e. The molecule has 0 saturated heterocycles. The lowest BCUT2D eigenvalue weighted by Crippen LogP contribution is -2.40. The molecule has 0 unspecified atom stereocenters. The van der Waals surface area contributed by atoms with Gasteiger partial charge in [-0.2, -0.15) is 0 Å². The minimum absolute atomic E-state index is 0. The quantitative estimate of drug-likeness (QED) is 0.821. The van der Waals surface area contributed by atoms with Gasteiger partial charge in [0.1, 0.15) is 0 Å². The molecule has 0 spiro atoms. The van der Waals surface area contributed by atoms with E-state index in [1.165, 1.54) is 6.26 Å². The summed E-state index contributed by atoms with van der Waals surface area (Å²) in [6.45, 7) is 5.35. The SMILES string of the molecule is CN(CC(C)(C)CN)C(=O)c1occc1CN1C(=O)Cc2ccccc21.Cl. The first-order valence-corrected chi connectivity index (χ1v) is 8.72. The molecule has 146 valence electrons. The number of nitrogens with two attached hydrogens (primary N) is 1. The monoisotopic (exact) mass is 391 g/mol. The summed E-state index contributed by atoms with van der Waals surface area (Å²) >= 11 is 0. The molecule has 0 saturated carbocycles. The molecule has 0 fully saturated rings. The second-order valence-corrected chi connectivity index (χ2v) is 7.59. The average Bonchev–Trinajstić information content (AvgIpc) is 3.19. The number of hydrogen-bond donors (Lipinski definition) is 1. The third-order valence-electron chi connectivity index (χ3n) is 4.76. The summed E-state index contributed by atoms with van der Waals surface area (Å²) in [7, 11) is 1.74. The van der Waals surface area contributed by atoms with Crippen LogP contribution in [0.2, 0.25) is 0 Å². The van der Waals surface area contributed by atoms with Crippen LogP contribution in [0.5, 0.6) is 0 Å². The van der Waals surface area contributed by atoms with Gasteiger partial charge in [-0.25, -0.2) is 0 Å². The Morgan fingerprint density at radius 3 is 2.70 bits per heavy atom. The number of anilines is 1. The van der Waals surface area contributed by atoms with E-state index in [2.05, 4.69) is 0 Å². The van der Waals surface area contributed by atoms with Crippen LogP contribution in [0.1, 0.15) is 35.5 Å². The molecule has 1 aromatic carbocycles. The Morgan fingerprint density at radius 1 is 1.30 bits per heavy atom. The van der Waals surface area contributed by atoms with Gasteiger partial charge >= 0.3 is 0 Å². The van der Waals surface area contributed by atoms with Crippen LogP contribution < -0.4 is 10.6 Å². The number of hydrogen-bond acceptors (Lipinski definition) is 4. The van der Waals surface area contributed by atoms with Crippen molar-refractivity contribution in [1.82, 2.24) is 4.90 Å². The van der Waals surface area contributed by atoms with Gasteiger partial charge in [0, 0.05) is 24.8 Å². The summed E-state index contributed by atoms with van der Waals surface area (Å²) < 4.78 is 5.47. The van der Waals surface area contributed by atoms with Gasteiger partial charge in [0.15, 0.2) is 5.76 Å². The Morgan fingerprint density at radius 2 is 2.00 bits per heavy atom. The molecule has 6 nitrogen and oxygen atoms in total. The summed E-state index contributed by atoms with van der Waals surface area (Å²) in [6.07, 6.45) is 1.89. The Kier molecular flexibility index (Phi) is 6.34. The van der Waals surface area contributed by atoms with Crippen molar-refractivity contribution in [1.29, 1.82) is 0 Å². The van der Waals surface area contributed by atoms with E-state index in [4.69, 9.17) is 10.2 Å². The number of halogens is 1. The van der Waals surface area contributed by atoms with Gasteiger partial charge in [0.25, 0.3) is 5.91 Å². The van der Waals surface area contributed by atoms with Crippen LogP contribution in [0.3, 0.4) is 0 Å². The fourth-order valence-corrected chi connectivity index (χ4v) is 3.26. The van der Waals surface area contributed by atoms with Gasteiger partial charge < -0.3 is 20.0 Å². The van der Waals surface area contributed by atoms with E-state index in [-0.39, 0.29) is 35.4 Å². The van der Waals surface area contributed by atoms with Crippen molar-refractivity contribution in [2.45, 2.75) is 26.8 Å². The first-order chi connectivity index (χ1) is 12.3. The molecule has 2 N–H and O–H groups in total. The lowest BCUT2D eigenvalue weighted by atomic mass is 9.93. The lowest BCUT2D eigenvalue weighted by molar-refractivity contribution is -0.117. The van der Waals surface area contributed by atoms with Gasteiger partial charge in [0.2, 0.25) is 5.91 Å². The van der Waals surface area contributed by atoms with Crippen molar-refractivity contribution in [3.8, 4) is 0 Å². The van der Waals surface area contributed by atoms with E-state index in [0.717, 1.165) is 11.3 Å². The summed E-state index contributed by atoms with van der Waals surface area (Å²) in [6, 6.07) is 9.48. The van der Waals surface area contributed by atoms with Crippen LogP contribution in [-0.2, 0) is 17.8 Å². The van der Waals surface area contributed by atoms with Gasteiger partial charge in [0.05, 0.1) is 19.2 Å². The lowest BCUT2D eigenvalue weighted by Gasteiger charge is -2.28. The van der Waals surface area contributed by atoms with Crippen LogP contribution in [0, 0.1) is 5.41 Å². The molecule has 27 heavy (non-hydrogen) atoms. The number of carbonyl (C=O) groups is 2. The second kappa shape index (κ2) is 8.15. The van der Waals surface area contributed by atoms with Crippen LogP contribution >= 0.6 is 12.4 Å². The number of benzene rings is 1. The van der Waals surface area contributed by atoms with Crippen LogP contribution in [0.25, 0.3) is 0 Å². The van der Waals surface area contributed by atoms with Crippen molar-refractivity contribution >= 4 is 29.9 Å². The van der Waals surface area contributed by atoms with Crippen molar-refractivity contribution in [3.05, 3.63) is 53.5 Å². The number of nitrogens with zero attached hydrogens (tertiary/aromatic N) is 2. The van der Waals surface area contributed by atoms with Gasteiger partial charge in [-0.05, 0) is 29.7 Å². The molecule has 2 aromatic rings. The molecule has 2 heterocycles. The second-order valence-electron chi connectivity index (χ2n) is 7.59. The summed E-state index contributed by atoms with van der Waals surface area (Å²) in [5.41, 5.74) is 8.20. The van der Waals surface area contributed by atoms with Gasteiger partial charge in [-0.15, -0.1) is 12.4 Å². The molecule has 1 aliphatic heterocycles. The number of amides is 2. The van der Waals surface area contributed by atoms with E-state index in [0.29, 0.717) is 31.6 Å². The first kappa shape index (κ1) is 21.0. The smallest absolute Gasteiger partial charge is 0.289 e. The zero-order chi connectivity index (χ0) is 18.9. The van der Waals surface area contributed by atoms with E-state index < -0.39 is 0 Å². The van der Waals surface area contributed by atoms with Gasteiger partial charge in [-0.1, -0.05) is 32.0 Å². The number of fused-ring (bicyclic) bond motifs is 1. The first-order valence-electron chi connectivity index (χ1n) is 8.72. The fraction of sp³-hybridized carbons (Fsp3) is 0.400. The largest absolute Gasteiger partial charge is 0.459 e. The Bertz CT molecular complexity index is 831. The van der Waals surface area contributed by atoms with Crippen molar-refractivity contribution in [2.24, 2.45) is 11.1 Å². The van der Waals surface area contributed by atoms with Crippen molar-refractivity contribution in [3.63, 3.8) is 0 Å². The average molecular weight is 392 g/mol. The van der Waals surface area contributed by atoms with E-state index in [9.17, 15) is 9.59 Å². The predicted octanol–water partition coefficient (Wildman–Crippen LogP) is 2.85. The molecule has 7 heteroatoms. The van der Waals surface area contributed by atoms with Crippen LogP contribution in [-0.4, -0.2) is 36.9 Å². The highest BCUT2D eigenvalue weighted by Crippen LogP contribution is 2.31. The normalized spacial score (nSPS) is 13.3. The molecule has 3 rings (SSSR count). The maximum atomic E-state index is 12.8. The van der Waals surface area contributed by atoms with Crippen molar-refractivity contribution < 1.29 is 14.0 Å². The molecule has 0 radical (unpaired) electrons. The number of furan rings is 1. The van der Waals surface area contributed by atoms with Crippen LogP contribution in [0.4, 0.5) is 5.69 Å². The fourth-order valence-electron chi connectivity index (χ4n) is 3.26. The summed E-state index contributed by atoms with van der Waals surface area (Å²) in [5.74, 6) is 0.104. The topological polar surface area (TPSA) is 79.8 Å². The Hall–Kier alpha value is -2.31. The van der Waals surface area contributed by atoms with Gasteiger partial charge in [-0.3, -0.25) is 9.59 Å². The molecular formula is C20H26ClN3O3. The molecule has 0 aliphatic carbocycles. The molecule has 0 atom stereocenters. The summed E-state index contributed by atoms with van der Waals surface area (Å²) in [4.78, 5) is 28.5. The molecule has 2 amide bonds. The summed E-state index contributed by atoms with van der Waals surface area (Å²) in [5, 5.41) is 0. The molecule has 1 aliphatic rings. The zero-order valence-electron chi connectivity index (χ0n) is 15.9. The van der Waals surface area contributed by atoms with Crippen LogP contribution in [0.15, 0.2) is 41.0 Å². The maximum absolute atomic E-state index is 12.8. The number of rotatable bonds is 6. The van der Waals surface area contributed by atoms with E-state index >= 15 is 0 Å². The minimum atomic E-state index is -0.202. The van der Waals surface area contributed by atoms with Crippen molar-refractivity contribution in [2.75, 3.05) is 25.0 Å². The highest BCUT2D eigenvalue weighted by molar-refractivity contribution is 6.01. The Balaban J connectivity index is 0.00000261. The zero-order valence-corrected chi connectivity index (χ0v) is 16.7. The highest BCUT2D eigenvalue weighted by atomic mass is 35.5. The highest BCUT2D eigenvalue weighted by Gasteiger charge is 2.30. The number of carbonyl (C=O) groups excluding carboxylic acids is 2.